The first-order valence-electron chi connectivity index (χ1n) is 13.9. The van der Waals surface area contributed by atoms with Crippen molar-refractivity contribution < 1.29 is 19.1 Å². The van der Waals surface area contributed by atoms with Crippen LogP contribution in [0.1, 0.15) is 130 Å². The fourth-order valence-corrected chi connectivity index (χ4v) is 5.06. The van der Waals surface area contributed by atoms with Gasteiger partial charge in [0.05, 0.1) is 25.0 Å². The van der Waals surface area contributed by atoms with Gasteiger partial charge in [-0.1, -0.05) is 85.5 Å². The summed E-state index contributed by atoms with van der Waals surface area (Å²) in [5.74, 6) is 0.474. The minimum Gasteiger partial charge on any atom is -0.465 e. The molecule has 4 atom stereocenters. The summed E-state index contributed by atoms with van der Waals surface area (Å²) in [6, 6.07) is 0. The molecule has 0 heterocycles. The van der Waals surface area contributed by atoms with Gasteiger partial charge in [-0.05, 0) is 56.8 Å². The molecule has 1 aliphatic carbocycles. The lowest BCUT2D eigenvalue weighted by Crippen LogP contribution is -2.31. The average Bonchev–Trinajstić information content (AvgIpc) is 2.81. The van der Waals surface area contributed by atoms with Crippen LogP contribution < -0.4 is 0 Å². The molecule has 188 valence electrons. The largest absolute Gasteiger partial charge is 0.465 e. The number of hydrogen-bond donors (Lipinski definition) is 0. The van der Waals surface area contributed by atoms with Crippen LogP contribution in [-0.2, 0) is 19.1 Å². The predicted molar refractivity (Wildman–Crippen MR) is 132 cm³/mol. The van der Waals surface area contributed by atoms with Gasteiger partial charge in [0, 0.05) is 0 Å². The maximum Gasteiger partial charge on any atom is 0.308 e. The van der Waals surface area contributed by atoms with E-state index in [-0.39, 0.29) is 23.8 Å². The van der Waals surface area contributed by atoms with E-state index in [2.05, 4.69) is 27.7 Å². The average molecular weight is 453 g/mol. The van der Waals surface area contributed by atoms with E-state index in [9.17, 15) is 9.59 Å². The van der Waals surface area contributed by atoms with Gasteiger partial charge in [-0.15, -0.1) is 0 Å². The highest BCUT2D eigenvalue weighted by atomic mass is 16.5. The molecule has 1 saturated carbocycles. The van der Waals surface area contributed by atoms with Crippen molar-refractivity contribution in [3.05, 3.63) is 0 Å². The molecule has 0 amide bonds. The molecule has 0 aromatic rings. The second kappa shape index (κ2) is 18.4. The van der Waals surface area contributed by atoms with Gasteiger partial charge in [0.15, 0.2) is 0 Å². The van der Waals surface area contributed by atoms with Crippen molar-refractivity contribution in [2.45, 2.75) is 130 Å². The summed E-state index contributed by atoms with van der Waals surface area (Å²) in [5, 5.41) is 0. The van der Waals surface area contributed by atoms with E-state index in [1.807, 2.05) is 0 Å². The van der Waals surface area contributed by atoms with E-state index < -0.39 is 0 Å². The van der Waals surface area contributed by atoms with Crippen molar-refractivity contribution in [2.24, 2.45) is 23.7 Å². The van der Waals surface area contributed by atoms with Crippen LogP contribution in [0.25, 0.3) is 0 Å². The van der Waals surface area contributed by atoms with Crippen molar-refractivity contribution in [3.63, 3.8) is 0 Å². The molecule has 4 unspecified atom stereocenters. The lowest BCUT2D eigenvalue weighted by molar-refractivity contribution is -0.156. The number of carbonyl (C=O) groups is 2. The Balaban J connectivity index is 2.44. The third-order valence-corrected chi connectivity index (χ3v) is 7.09. The Labute approximate surface area is 198 Å². The predicted octanol–water partition coefficient (Wildman–Crippen LogP) is 7.87. The minimum absolute atomic E-state index is 0.0949. The first kappa shape index (κ1) is 29.0. The highest BCUT2D eigenvalue weighted by Gasteiger charge is 2.33. The van der Waals surface area contributed by atoms with Crippen molar-refractivity contribution in [2.75, 3.05) is 13.2 Å². The number of esters is 2. The molecule has 32 heavy (non-hydrogen) atoms. The van der Waals surface area contributed by atoms with E-state index in [0.717, 1.165) is 57.8 Å². The van der Waals surface area contributed by atoms with Crippen LogP contribution in [0, 0.1) is 23.7 Å². The van der Waals surface area contributed by atoms with Gasteiger partial charge in [-0.2, -0.15) is 0 Å². The first-order valence-corrected chi connectivity index (χ1v) is 13.9. The van der Waals surface area contributed by atoms with Crippen molar-refractivity contribution in [1.82, 2.24) is 0 Å². The van der Waals surface area contributed by atoms with E-state index >= 15 is 0 Å². The van der Waals surface area contributed by atoms with E-state index in [0.29, 0.717) is 31.5 Å². The number of unbranched alkanes of at least 4 members (excludes halogenated alkanes) is 4. The fraction of sp³-hybridized carbons (Fsp3) is 0.929. The molecule has 0 radical (unpaired) electrons. The van der Waals surface area contributed by atoms with Crippen LogP contribution in [0.2, 0.25) is 0 Å². The standard InChI is InChI=1S/C28H52O4/c1-5-9-11-16-23(14-7-3)21-31-27(29)25-18-13-19-26(20-25)28(30)32-22-24(15-8-4)17-12-10-6-2/h23-26H,5-22H2,1-4H3. The quantitative estimate of drug-likeness (QED) is 0.157. The monoisotopic (exact) mass is 452 g/mol. The normalized spacial score (nSPS) is 20.5. The van der Waals surface area contributed by atoms with Crippen LogP contribution in [0.4, 0.5) is 0 Å². The Kier molecular flexibility index (Phi) is 16.6. The van der Waals surface area contributed by atoms with E-state index in [1.54, 1.807) is 0 Å². The topological polar surface area (TPSA) is 52.6 Å². The number of rotatable bonds is 18. The van der Waals surface area contributed by atoms with Crippen LogP contribution >= 0.6 is 0 Å². The molecule has 0 spiro atoms. The Morgan fingerprint density at radius 1 is 0.656 bits per heavy atom. The highest BCUT2D eigenvalue weighted by molar-refractivity contribution is 5.76. The minimum atomic E-state index is -0.143. The van der Waals surface area contributed by atoms with Gasteiger partial charge in [0.25, 0.3) is 0 Å². The molecule has 0 saturated heterocycles. The van der Waals surface area contributed by atoms with Crippen LogP contribution in [0.15, 0.2) is 0 Å². The van der Waals surface area contributed by atoms with Gasteiger partial charge >= 0.3 is 11.9 Å². The van der Waals surface area contributed by atoms with E-state index in [1.165, 1.54) is 38.5 Å². The number of ether oxygens (including phenoxy) is 2. The Hall–Kier alpha value is -1.06. The molecule has 1 rings (SSSR count). The Bertz CT molecular complexity index is 448. The molecule has 0 N–H and O–H groups in total. The second-order valence-corrected chi connectivity index (χ2v) is 10.1. The summed E-state index contributed by atoms with van der Waals surface area (Å²) in [6.45, 7) is 9.91. The van der Waals surface area contributed by atoms with Crippen LogP contribution in [0.3, 0.4) is 0 Å². The summed E-state index contributed by atoms with van der Waals surface area (Å²) in [7, 11) is 0. The molecular formula is C28H52O4. The van der Waals surface area contributed by atoms with Crippen molar-refractivity contribution in [3.8, 4) is 0 Å². The summed E-state index contributed by atoms with van der Waals surface area (Å²) in [5.41, 5.74) is 0. The summed E-state index contributed by atoms with van der Waals surface area (Å²) >= 11 is 0. The molecule has 0 aromatic heterocycles. The van der Waals surface area contributed by atoms with E-state index in [4.69, 9.17) is 9.47 Å². The Morgan fingerprint density at radius 2 is 1.09 bits per heavy atom. The smallest absolute Gasteiger partial charge is 0.308 e. The van der Waals surface area contributed by atoms with Crippen LogP contribution in [-0.4, -0.2) is 25.2 Å². The third kappa shape index (κ3) is 12.3. The zero-order chi connectivity index (χ0) is 23.6. The van der Waals surface area contributed by atoms with Gasteiger partial charge in [-0.3, -0.25) is 9.59 Å². The van der Waals surface area contributed by atoms with Crippen LogP contribution in [0.5, 0.6) is 0 Å². The lowest BCUT2D eigenvalue weighted by Gasteiger charge is -2.28. The molecule has 0 aromatic carbocycles. The molecule has 4 nitrogen and oxygen atoms in total. The first-order chi connectivity index (χ1) is 15.5. The van der Waals surface area contributed by atoms with Crippen molar-refractivity contribution in [1.29, 1.82) is 0 Å². The lowest BCUT2D eigenvalue weighted by atomic mass is 9.81. The number of hydrogen-bond acceptors (Lipinski definition) is 4. The SMILES string of the molecule is CCCCCC(CCC)COC(=O)C1CCCC(C(=O)OCC(CCC)CCCCC)C1. The third-order valence-electron chi connectivity index (χ3n) is 7.09. The zero-order valence-electron chi connectivity index (χ0n) is 21.7. The van der Waals surface area contributed by atoms with Gasteiger partial charge < -0.3 is 9.47 Å². The Morgan fingerprint density at radius 3 is 1.47 bits per heavy atom. The maximum absolute atomic E-state index is 12.7. The van der Waals surface area contributed by atoms with Gasteiger partial charge in [0.1, 0.15) is 0 Å². The molecule has 1 aliphatic rings. The van der Waals surface area contributed by atoms with Gasteiger partial charge in [0.2, 0.25) is 0 Å². The second-order valence-electron chi connectivity index (χ2n) is 10.1. The molecule has 4 heteroatoms. The summed E-state index contributed by atoms with van der Waals surface area (Å²) in [6.07, 6.45) is 17.3. The molecule has 0 aliphatic heterocycles. The van der Waals surface area contributed by atoms with Crippen molar-refractivity contribution >= 4 is 11.9 Å². The highest BCUT2D eigenvalue weighted by Crippen LogP contribution is 2.31. The molecule has 0 bridgehead atoms. The zero-order valence-corrected chi connectivity index (χ0v) is 21.7. The fourth-order valence-electron chi connectivity index (χ4n) is 5.06. The number of carbonyl (C=O) groups excluding carboxylic acids is 2. The molecular weight excluding hydrogens is 400 g/mol. The van der Waals surface area contributed by atoms with Gasteiger partial charge in [-0.25, -0.2) is 0 Å². The molecule has 1 fully saturated rings. The summed E-state index contributed by atoms with van der Waals surface area (Å²) < 4.78 is 11.5. The maximum atomic E-state index is 12.7. The summed E-state index contributed by atoms with van der Waals surface area (Å²) in [4.78, 5) is 25.5.